The Labute approximate surface area is 59.9 Å². The molecule has 10 heavy (non-hydrogen) atoms. The van der Waals surface area contributed by atoms with Crippen LogP contribution in [-0.4, -0.2) is 12.3 Å². The van der Waals surface area contributed by atoms with Crippen molar-refractivity contribution in [3.8, 4) is 0 Å². The Balaban J connectivity index is 2.38. The summed E-state index contributed by atoms with van der Waals surface area (Å²) in [5.41, 5.74) is 0. The van der Waals surface area contributed by atoms with Crippen molar-refractivity contribution in [1.82, 2.24) is 0 Å². The molecule has 0 fully saturated rings. The van der Waals surface area contributed by atoms with E-state index in [0.29, 0.717) is 25.7 Å². The maximum absolute atomic E-state index is 12.6. The smallest absolute Gasteiger partial charge is 0.118 e. The molecule has 1 aliphatic rings. The molecule has 0 saturated carbocycles. The van der Waals surface area contributed by atoms with Gasteiger partial charge in [-0.15, -0.1) is 0 Å². The van der Waals surface area contributed by atoms with Gasteiger partial charge in [-0.05, 0) is 25.7 Å². The van der Waals surface area contributed by atoms with Gasteiger partial charge in [-0.1, -0.05) is 12.2 Å². The van der Waals surface area contributed by atoms with E-state index in [1.807, 2.05) is 0 Å². The topological polar surface area (TPSA) is 0 Å². The number of halogens is 2. The summed E-state index contributed by atoms with van der Waals surface area (Å²) in [5.74, 6) is 0. The SMILES string of the molecule is FC1/C=C\CC(F)CCC1. The molecule has 2 heteroatoms. The first-order valence-corrected chi connectivity index (χ1v) is 3.74. The molecule has 0 heterocycles. The first kappa shape index (κ1) is 7.70. The van der Waals surface area contributed by atoms with Crippen molar-refractivity contribution in [3.05, 3.63) is 12.2 Å². The van der Waals surface area contributed by atoms with E-state index in [0.717, 1.165) is 0 Å². The Morgan fingerprint density at radius 3 is 2.80 bits per heavy atom. The van der Waals surface area contributed by atoms with Gasteiger partial charge in [0.05, 0.1) is 0 Å². The molecule has 0 radical (unpaired) electrons. The van der Waals surface area contributed by atoms with Crippen LogP contribution in [0.2, 0.25) is 0 Å². The van der Waals surface area contributed by atoms with Crippen molar-refractivity contribution >= 4 is 0 Å². The predicted molar refractivity (Wildman–Crippen MR) is 37.4 cm³/mol. The van der Waals surface area contributed by atoms with E-state index < -0.39 is 12.3 Å². The molecule has 0 bridgehead atoms. The van der Waals surface area contributed by atoms with Gasteiger partial charge in [0, 0.05) is 0 Å². The quantitative estimate of drug-likeness (QED) is 0.461. The molecule has 0 N–H and O–H groups in total. The largest absolute Gasteiger partial charge is 0.247 e. The zero-order valence-corrected chi connectivity index (χ0v) is 5.89. The van der Waals surface area contributed by atoms with Crippen molar-refractivity contribution in [2.24, 2.45) is 0 Å². The highest BCUT2D eigenvalue weighted by atomic mass is 19.1. The van der Waals surface area contributed by atoms with Crippen molar-refractivity contribution in [3.63, 3.8) is 0 Å². The highest BCUT2D eigenvalue weighted by molar-refractivity contribution is 4.92. The number of hydrogen-bond donors (Lipinski definition) is 0. The number of rotatable bonds is 0. The Kier molecular flexibility index (Phi) is 2.84. The molecule has 1 aliphatic carbocycles. The van der Waals surface area contributed by atoms with Crippen LogP contribution in [0.5, 0.6) is 0 Å². The van der Waals surface area contributed by atoms with Crippen molar-refractivity contribution < 1.29 is 8.78 Å². The number of allylic oxidation sites excluding steroid dienone is 2. The Morgan fingerprint density at radius 2 is 2.00 bits per heavy atom. The molecular weight excluding hydrogens is 134 g/mol. The zero-order chi connectivity index (χ0) is 7.40. The summed E-state index contributed by atoms with van der Waals surface area (Å²) in [4.78, 5) is 0. The summed E-state index contributed by atoms with van der Waals surface area (Å²) >= 11 is 0. The van der Waals surface area contributed by atoms with E-state index in [1.165, 1.54) is 6.08 Å². The summed E-state index contributed by atoms with van der Waals surface area (Å²) in [7, 11) is 0. The van der Waals surface area contributed by atoms with Gasteiger partial charge in [0.2, 0.25) is 0 Å². The Bertz CT molecular complexity index is 120. The monoisotopic (exact) mass is 146 g/mol. The minimum absolute atomic E-state index is 0.389. The average molecular weight is 146 g/mol. The van der Waals surface area contributed by atoms with Crippen LogP contribution >= 0.6 is 0 Å². The molecular formula is C8H12F2. The first-order valence-electron chi connectivity index (χ1n) is 3.74. The van der Waals surface area contributed by atoms with Gasteiger partial charge in [-0.2, -0.15) is 0 Å². The van der Waals surface area contributed by atoms with Gasteiger partial charge in [0.15, 0.2) is 0 Å². The van der Waals surface area contributed by atoms with E-state index in [9.17, 15) is 8.78 Å². The third-order valence-electron chi connectivity index (χ3n) is 1.73. The standard InChI is InChI=1S/C8H12F2/c9-7-3-1-4-8(10)6-2-5-7/h1,3,7-8H,2,4-6H2/b3-1-. The van der Waals surface area contributed by atoms with Gasteiger partial charge >= 0.3 is 0 Å². The average Bonchev–Trinajstić information content (AvgIpc) is 1.84. The van der Waals surface area contributed by atoms with Crippen molar-refractivity contribution in [2.75, 3.05) is 0 Å². The summed E-state index contributed by atoms with van der Waals surface area (Å²) < 4.78 is 25.1. The Hall–Kier alpha value is -0.400. The second kappa shape index (κ2) is 3.69. The zero-order valence-electron chi connectivity index (χ0n) is 5.89. The summed E-state index contributed by atoms with van der Waals surface area (Å²) in [6, 6.07) is 0. The fourth-order valence-electron chi connectivity index (χ4n) is 1.12. The molecule has 0 saturated heterocycles. The first-order chi connectivity index (χ1) is 4.79. The van der Waals surface area contributed by atoms with E-state index >= 15 is 0 Å². The normalized spacial score (nSPS) is 38.2. The molecule has 0 spiro atoms. The maximum atomic E-state index is 12.6. The van der Waals surface area contributed by atoms with Crippen LogP contribution in [0.25, 0.3) is 0 Å². The third kappa shape index (κ3) is 2.46. The molecule has 0 aromatic carbocycles. The van der Waals surface area contributed by atoms with Gasteiger partial charge < -0.3 is 0 Å². The molecule has 0 aromatic heterocycles. The minimum atomic E-state index is -0.840. The molecule has 0 nitrogen and oxygen atoms in total. The highest BCUT2D eigenvalue weighted by Crippen LogP contribution is 2.16. The molecule has 1 rings (SSSR count). The fraction of sp³-hybridized carbons (Fsp3) is 0.750. The van der Waals surface area contributed by atoms with Crippen molar-refractivity contribution in [2.45, 2.75) is 38.0 Å². The molecule has 0 aliphatic heterocycles. The van der Waals surface area contributed by atoms with Crippen LogP contribution in [-0.2, 0) is 0 Å². The summed E-state index contributed by atoms with van der Waals surface area (Å²) in [6.07, 6.45) is 3.55. The van der Waals surface area contributed by atoms with Gasteiger partial charge in [-0.3, -0.25) is 0 Å². The molecule has 2 atom stereocenters. The van der Waals surface area contributed by atoms with Crippen LogP contribution in [0.3, 0.4) is 0 Å². The van der Waals surface area contributed by atoms with Crippen LogP contribution < -0.4 is 0 Å². The van der Waals surface area contributed by atoms with Gasteiger partial charge in [-0.25, -0.2) is 8.78 Å². The third-order valence-corrected chi connectivity index (χ3v) is 1.73. The molecule has 2 unspecified atom stereocenters. The van der Waals surface area contributed by atoms with Gasteiger partial charge in [0.1, 0.15) is 12.3 Å². The molecule has 0 amide bonds. The maximum Gasteiger partial charge on any atom is 0.118 e. The van der Waals surface area contributed by atoms with Gasteiger partial charge in [0.25, 0.3) is 0 Å². The lowest BCUT2D eigenvalue weighted by molar-refractivity contribution is 0.281. The minimum Gasteiger partial charge on any atom is -0.247 e. The predicted octanol–water partition coefficient (Wildman–Crippen LogP) is 2.79. The number of hydrogen-bond acceptors (Lipinski definition) is 0. The van der Waals surface area contributed by atoms with Crippen LogP contribution in [0.1, 0.15) is 25.7 Å². The lowest BCUT2D eigenvalue weighted by atomic mass is 10.0. The fourth-order valence-corrected chi connectivity index (χ4v) is 1.12. The van der Waals surface area contributed by atoms with Crippen LogP contribution in [0.4, 0.5) is 8.78 Å². The highest BCUT2D eigenvalue weighted by Gasteiger charge is 2.10. The Morgan fingerprint density at radius 1 is 1.20 bits per heavy atom. The van der Waals surface area contributed by atoms with E-state index in [2.05, 4.69) is 0 Å². The molecule has 0 aromatic rings. The summed E-state index contributed by atoms with van der Waals surface area (Å²) in [6.45, 7) is 0. The second-order valence-corrected chi connectivity index (χ2v) is 2.71. The van der Waals surface area contributed by atoms with Crippen LogP contribution in [0.15, 0.2) is 12.2 Å². The van der Waals surface area contributed by atoms with Crippen LogP contribution in [0, 0.1) is 0 Å². The van der Waals surface area contributed by atoms with Crippen molar-refractivity contribution in [1.29, 1.82) is 0 Å². The molecule has 58 valence electrons. The second-order valence-electron chi connectivity index (χ2n) is 2.71. The van der Waals surface area contributed by atoms with E-state index in [4.69, 9.17) is 0 Å². The lowest BCUT2D eigenvalue weighted by Gasteiger charge is -2.09. The van der Waals surface area contributed by atoms with E-state index in [-0.39, 0.29) is 0 Å². The number of alkyl halides is 2. The summed E-state index contributed by atoms with van der Waals surface area (Å²) in [5, 5.41) is 0. The van der Waals surface area contributed by atoms with E-state index in [1.54, 1.807) is 6.08 Å². The lowest BCUT2D eigenvalue weighted by Crippen LogP contribution is -2.05.